The Kier molecular flexibility index (Phi) is 10.1. The van der Waals surface area contributed by atoms with Gasteiger partial charge in [0, 0.05) is 10.0 Å². The van der Waals surface area contributed by atoms with E-state index in [1.54, 1.807) is 51.3 Å². The minimum Gasteiger partial charge on any atom is -0.493 e. The Morgan fingerprint density at radius 3 is 2.52 bits per heavy atom. The number of carbonyl (C=O) groups is 1. The fourth-order valence-electron chi connectivity index (χ4n) is 5.05. The van der Waals surface area contributed by atoms with E-state index in [2.05, 4.69) is 27.0 Å². The van der Waals surface area contributed by atoms with Crippen LogP contribution in [-0.2, 0) is 16.1 Å². The van der Waals surface area contributed by atoms with E-state index in [4.69, 9.17) is 24.2 Å². The predicted octanol–water partition coefficient (Wildman–Crippen LogP) is 5.81. The summed E-state index contributed by atoms with van der Waals surface area (Å²) >= 11 is 4.76. The van der Waals surface area contributed by atoms with Gasteiger partial charge in [-0.2, -0.15) is 5.26 Å². The molecule has 1 atom stereocenters. The first-order valence-corrected chi connectivity index (χ1v) is 16.2. The lowest BCUT2D eigenvalue weighted by molar-refractivity contribution is -0.139. The fraction of sp³-hybridized carbons (Fsp3) is 0.257. The number of nitriles is 1. The molecule has 1 aliphatic rings. The molecule has 0 amide bonds. The van der Waals surface area contributed by atoms with Gasteiger partial charge >= 0.3 is 5.97 Å². The van der Waals surface area contributed by atoms with Crippen LogP contribution in [0.4, 0.5) is 0 Å². The van der Waals surface area contributed by atoms with Crippen molar-refractivity contribution in [2.75, 3.05) is 13.7 Å². The molecule has 2 heterocycles. The van der Waals surface area contributed by atoms with Crippen LogP contribution in [0.5, 0.6) is 17.2 Å². The molecule has 0 saturated carbocycles. The van der Waals surface area contributed by atoms with Crippen molar-refractivity contribution in [3.05, 3.63) is 118 Å². The third kappa shape index (κ3) is 6.93. The zero-order valence-electron chi connectivity index (χ0n) is 26.0. The molecular weight excluding hydrogens is 670 g/mol. The SMILES string of the molecule is CCOC(=O)C1=C(C)N=c2s/c(=C/c3cc(Br)ccc3OCc3ccc(C#N)cc3)c(=O)n2[C@@H]1c1ccc(OC(C)C)c(OC)c1. The van der Waals surface area contributed by atoms with E-state index in [0.717, 1.165) is 10.0 Å². The van der Waals surface area contributed by atoms with E-state index < -0.39 is 12.0 Å². The lowest BCUT2D eigenvalue weighted by Crippen LogP contribution is -2.40. The Hall–Kier alpha value is -4.66. The van der Waals surface area contributed by atoms with Gasteiger partial charge in [-0.05, 0) is 87.4 Å². The van der Waals surface area contributed by atoms with Crippen LogP contribution in [0.15, 0.2) is 86.2 Å². The fourth-order valence-corrected chi connectivity index (χ4v) is 6.47. The second-order valence-electron chi connectivity index (χ2n) is 10.7. The molecule has 9 nitrogen and oxygen atoms in total. The van der Waals surface area contributed by atoms with Gasteiger partial charge in [0.05, 0.1) is 53.3 Å². The lowest BCUT2D eigenvalue weighted by atomic mass is 9.95. The van der Waals surface area contributed by atoms with Crippen molar-refractivity contribution in [3.8, 4) is 23.3 Å². The number of ether oxygens (including phenoxy) is 4. The number of aromatic nitrogens is 1. The number of hydrogen-bond acceptors (Lipinski definition) is 9. The van der Waals surface area contributed by atoms with Crippen molar-refractivity contribution < 1.29 is 23.7 Å². The summed E-state index contributed by atoms with van der Waals surface area (Å²) in [5, 5.41) is 9.09. The molecule has 5 rings (SSSR count). The Morgan fingerprint density at radius 1 is 1.11 bits per heavy atom. The summed E-state index contributed by atoms with van der Waals surface area (Å²) < 4.78 is 25.9. The highest BCUT2D eigenvalue weighted by atomic mass is 79.9. The zero-order valence-corrected chi connectivity index (χ0v) is 28.4. The summed E-state index contributed by atoms with van der Waals surface area (Å²) in [7, 11) is 1.55. The van der Waals surface area contributed by atoms with Crippen molar-refractivity contribution in [1.82, 2.24) is 4.57 Å². The first kappa shape index (κ1) is 32.7. The van der Waals surface area contributed by atoms with Gasteiger partial charge < -0.3 is 18.9 Å². The number of allylic oxidation sites excluding steroid dienone is 1. The van der Waals surface area contributed by atoms with Gasteiger partial charge in [-0.25, -0.2) is 9.79 Å². The molecule has 46 heavy (non-hydrogen) atoms. The van der Waals surface area contributed by atoms with Crippen molar-refractivity contribution in [3.63, 3.8) is 0 Å². The monoisotopic (exact) mass is 701 g/mol. The number of halogens is 1. The lowest BCUT2D eigenvalue weighted by Gasteiger charge is -2.25. The molecule has 1 aromatic heterocycles. The smallest absolute Gasteiger partial charge is 0.338 e. The highest BCUT2D eigenvalue weighted by molar-refractivity contribution is 9.10. The van der Waals surface area contributed by atoms with Gasteiger partial charge in [0.2, 0.25) is 0 Å². The summed E-state index contributed by atoms with van der Waals surface area (Å²) in [5.74, 6) is 1.05. The van der Waals surface area contributed by atoms with Gasteiger partial charge in [-0.1, -0.05) is 45.5 Å². The van der Waals surface area contributed by atoms with E-state index in [1.165, 1.54) is 15.9 Å². The average Bonchev–Trinajstić information content (AvgIpc) is 3.34. The maximum Gasteiger partial charge on any atom is 0.338 e. The first-order valence-electron chi connectivity index (χ1n) is 14.6. The molecule has 236 valence electrons. The van der Waals surface area contributed by atoms with Gasteiger partial charge in [-0.15, -0.1) is 0 Å². The minimum absolute atomic E-state index is 0.0781. The standard InChI is InChI=1S/C35H32BrN3O6S/c1-6-43-34(41)31-21(4)38-35-39(32(31)24-11-13-28(45-20(2)3)29(16-24)42-5)33(40)30(46-35)17-25-15-26(36)12-14-27(25)44-19-23-9-7-22(18-37)8-10-23/h7-17,20,32H,6,19H2,1-5H3/b30-17+/t32-/m1/s1. The predicted molar refractivity (Wildman–Crippen MR) is 179 cm³/mol. The van der Waals surface area contributed by atoms with E-state index in [-0.39, 0.29) is 30.5 Å². The molecular formula is C35H32BrN3O6S. The molecule has 0 spiro atoms. The molecule has 0 radical (unpaired) electrons. The molecule has 4 aromatic rings. The third-order valence-corrected chi connectivity index (χ3v) is 8.60. The maximum atomic E-state index is 14.2. The van der Waals surface area contributed by atoms with E-state index in [1.807, 2.05) is 50.2 Å². The Labute approximate surface area is 278 Å². The summed E-state index contributed by atoms with van der Waals surface area (Å²) in [4.78, 5) is 32.7. The number of esters is 1. The number of rotatable bonds is 10. The number of fused-ring (bicyclic) bond motifs is 1. The largest absolute Gasteiger partial charge is 0.493 e. The average molecular weight is 703 g/mol. The number of hydrogen-bond donors (Lipinski definition) is 0. The molecule has 0 fully saturated rings. The van der Waals surface area contributed by atoms with E-state index >= 15 is 0 Å². The molecule has 11 heteroatoms. The second-order valence-corrected chi connectivity index (χ2v) is 12.6. The van der Waals surface area contributed by atoms with Crippen molar-refractivity contribution in [1.29, 1.82) is 5.26 Å². The maximum absolute atomic E-state index is 14.2. The highest BCUT2D eigenvalue weighted by Gasteiger charge is 2.34. The third-order valence-electron chi connectivity index (χ3n) is 7.12. The molecule has 3 aromatic carbocycles. The van der Waals surface area contributed by atoms with Crippen LogP contribution < -0.4 is 29.1 Å². The van der Waals surface area contributed by atoms with Crippen LogP contribution in [0.2, 0.25) is 0 Å². The Balaban J connectivity index is 1.62. The number of carbonyl (C=O) groups excluding carboxylic acids is 1. The molecule has 0 unspecified atom stereocenters. The zero-order chi connectivity index (χ0) is 33.0. The van der Waals surface area contributed by atoms with Crippen LogP contribution in [0.3, 0.4) is 0 Å². The van der Waals surface area contributed by atoms with Crippen LogP contribution >= 0.6 is 27.3 Å². The Bertz CT molecular complexity index is 2040. The van der Waals surface area contributed by atoms with Gasteiger partial charge in [0.15, 0.2) is 16.3 Å². The van der Waals surface area contributed by atoms with Crippen molar-refractivity contribution >= 4 is 39.3 Å². The summed E-state index contributed by atoms with van der Waals surface area (Å²) in [5.41, 5.74) is 3.22. The highest BCUT2D eigenvalue weighted by Crippen LogP contribution is 2.36. The Morgan fingerprint density at radius 2 is 1.85 bits per heavy atom. The quantitative estimate of drug-likeness (QED) is 0.192. The molecule has 0 N–H and O–H groups in total. The van der Waals surface area contributed by atoms with E-state index in [0.29, 0.717) is 49.0 Å². The van der Waals surface area contributed by atoms with Gasteiger partial charge in [0.25, 0.3) is 5.56 Å². The van der Waals surface area contributed by atoms with Gasteiger partial charge in [-0.3, -0.25) is 9.36 Å². The first-order chi connectivity index (χ1) is 22.1. The van der Waals surface area contributed by atoms with Crippen LogP contribution in [0.1, 0.15) is 56.0 Å². The van der Waals surface area contributed by atoms with Gasteiger partial charge in [0.1, 0.15) is 12.4 Å². The number of nitrogens with zero attached hydrogens (tertiary/aromatic N) is 3. The molecule has 0 bridgehead atoms. The van der Waals surface area contributed by atoms with E-state index in [9.17, 15) is 9.59 Å². The summed E-state index contributed by atoms with van der Waals surface area (Å²) in [6.45, 7) is 7.77. The normalized spacial score (nSPS) is 14.4. The van der Waals surface area contributed by atoms with Crippen LogP contribution in [0, 0.1) is 11.3 Å². The number of benzene rings is 3. The second kappa shape index (κ2) is 14.2. The number of thiazole rings is 1. The molecule has 1 aliphatic heterocycles. The van der Waals surface area contributed by atoms with Crippen LogP contribution in [-0.4, -0.2) is 30.4 Å². The van der Waals surface area contributed by atoms with Crippen LogP contribution in [0.25, 0.3) is 6.08 Å². The topological polar surface area (TPSA) is 112 Å². The molecule has 0 aliphatic carbocycles. The number of methoxy groups -OCH3 is 1. The minimum atomic E-state index is -0.811. The molecule has 0 saturated heterocycles. The summed E-state index contributed by atoms with van der Waals surface area (Å²) in [6.07, 6.45) is 1.69. The van der Waals surface area contributed by atoms with Crippen molar-refractivity contribution in [2.24, 2.45) is 4.99 Å². The summed E-state index contributed by atoms with van der Waals surface area (Å²) in [6, 6.07) is 19.4. The van der Waals surface area contributed by atoms with Crippen molar-refractivity contribution in [2.45, 2.75) is 46.4 Å².